The lowest BCUT2D eigenvalue weighted by Crippen LogP contribution is -2.24. The summed E-state index contributed by atoms with van der Waals surface area (Å²) in [5.41, 5.74) is 3.60. The Morgan fingerprint density at radius 1 is 1.29 bits per heavy atom. The molecule has 1 unspecified atom stereocenters. The van der Waals surface area contributed by atoms with Crippen LogP contribution in [0.2, 0.25) is 5.02 Å². The van der Waals surface area contributed by atoms with Gasteiger partial charge in [-0.2, -0.15) is 0 Å². The van der Waals surface area contributed by atoms with Crippen LogP contribution in [-0.4, -0.2) is 11.5 Å². The molecule has 2 rings (SSSR count). The molecule has 0 aliphatic heterocycles. The van der Waals surface area contributed by atoms with Crippen LogP contribution in [0.25, 0.3) is 0 Å². The fourth-order valence-electron chi connectivity index (χ4n) is 2.31. The molecule has 0 amide bonds. The molecule has 2 nitrogen and oxygen atoms in total. The summed E-state index contributed by atoms with van der Waals surface area (Å²) in [5.74, 6) is 0. The van der Waals surface area contributed by atoms with Crippen LogP contribution in [0.3, 0.4) is 0 Å². The van der Waals surface area contributed by atoms with E-state index in [1.807, 2.05) is 25.4 Å². The number of hydrogen-bond donors (Lipinski definition) is 1. The number of aromatic nitrogens is 1. The fraction of sp³-hybridized carbons (Fsp3) is 0.353. The van der Waals surface area contributed by atoms with Gasteiger partial charge in [-0.1, -0.05) is 30.7 Å². The average molecular weight is 368 g/mol. The smallest absolute Gasteiger partial charge is 0.0435 e. The molecule has 0 radical (unpaired) electrons. The Morgan fingerprint density at radius 2 is 2.10 bits per heavy atom. The Labute approximate surface area is 140 Å². The number of pyridine rings is 1. The Morgan fingerprint density at radius 3 is 2.76 bits per heavy atom. The number of halogens is 2. The van der Waals surface area contributed by atoms with Crippen molar-refractivity contribution < 1.29 is 0 Å². The first kappa shape index (κ1) is 16.5. The third-order valence-electron chi connectivity index (χ3n) is 3.43. The van der Waals surface area contributed by atoms with E-state index < -0.39 is 0 Å². The van der Waals surface area contributed by atoms with Gasteiger partial charge in [0.15, 0.2) is 0 Å². The zero-order valence-electron chi connectivity index (χ0n) is 12.4. The van der Waals surface area contributed by atoms with Crippen molar-refractivity contribution in [2.75, 3.05) is 6.54 Å². The van der Waals surface area contributed by atoms with Gasteiger partial charge < -0.3 is 5.32 Å². The molecule has 2 aromatic rings. The van der Waals surface area contributed by atoms with Gasteiger partial charge in [-0.25, -0.2) is 0 Å². The molecule has 0 aliphatic carbocycles. The van der Waals surface area contributed by atoms with Crippen molar-refractivity contribution in [3.05, 3.63) is 62.8 Å². The predicted octanol–water partition coefficient (Wildman–Crippen LogP) is 5.09. The van der Waals surface area contributed by atoms with E-state index in [1.165, 1.54) is 11.1 Å². The maximum atomic E-state index is 6.13. The molecule has 0 saturated carbocycles. The number of rotatable bonds is 6. The Hall–Kier alpha value is -0.900. The highest BCUT2D eigenvalue weighted by Gasteiger charge is 2.13. The number of benzene rings is 1. The van der Waals surface area contributed by atoms with Crippen LogP contribution in [0, 0.1) is 6.92 Å². The van der Waals surface area contributed by atoms with Crippen molar-refractivity contribution >= 4 is 27.5 Å². The van der Waals surface area contributed by atoms with Crippen LogP contribution in [-0.2, 0) is 6.42 Å². The van der Waals surface area contributed by atoms with Crippen LogP contribution in [0.4, 0.5) is 0 Å². The van der Waals surface area contributed by atoms with E-state index in [9.17, 15) is 0 Å². The van der Waals surface area contributed by atoms with Crippen LogP contribution in [0.1, 0.15) is 36.1 Å². The monoisotopic (exact) mass is 366 g/mol. The minimum atomic E-state index is 0.275. The van der Waals surface area contributed by atoms with Crippen molar-refractivity contribution in [2.45, 2.75) is 32.7 Å². The molecule has 0 spiro atoms. The van der Waals surface area contributed by atoms with Crippen LogP contribution in [0.15, 0.2) is 41.1 Å². The van der Waals surface area contributed by atoms with Crippen molar-refractivity contribution in [1.29, 1.82) is 0 Å². The van der Waals surface area contributed by atoms with Gasteiger partial charge >= 0.3 is 0 Å². The van der Waals surface area contributed by atoms with Crippen LogP contribution < -0.4 is 5.32 Å². The molecule has 21 heavy (non-hydrogen) atoms. The topological polar surface area (TPSA) is 24.9 Å². The molecular weight excluding hydrogens is 348 g/mol. The van der Waals surface area contributed by atoms with Crippen molar-refractivity contribution in [3.8, 4) is 0 Å². The van der Waals surface area contributed by atoms with Crippen molar-refractivity contribution in [3.63, 3.8) is 0 Å². The zero-order chi connectivity index (χ0) is 15.2. The molecule has 1 heterocycles. The highest BCUT2D eigenvalue weighted by molar-refractivity contribution is 9.10. The van der Waals surface area contributed by atoms with Crippen LogP contribution in [0.5, 0.6) is 0 Å². The van der Waals surface area contributed by atoms with Gasteiger partial charge in [-0.15, -0.1) is 0 Å². The molecule has 4 heteroatoms. The molecule has 112 valence electrons. The summed E-state index contributed by atoms with van der Waals surface area (Å²) in [6.45, 7) is 5.22. The summed E-state index contributed by atoms with van der Waals surface area (Å²) in [6, 6.07) is 8.65. The van der Waals surface area contributed by atoms with Crippen molar-refractivity contribution in [1.82, 2.24) is 10.3 Å². The summed E-state index contributed by atoms with van der Waals surface area (Å²) in [7, 11) is 0. The van der Waals surface area contributed by atoms with E-state index in [4.69, 9.17) is 11.6 Å². The van der Waals surface area contributed by atoms with Gasteiger partial charge in [0.05, 0.1) is 0 Å². The molecular formula is C17H20BrClN2. The van der Waals surface area contributed by atoms with E-state index >= 15 is 0 Å². The molecule has 1 N–H and O–H groups in total. The molecule has 0 saturated heterocycles. The molecule has 1 aromatic heterocycles. The summed E-state index contributed by atoms with van der Waals surface area (Å²) < 4.78 is 1.02. The third kappa shape index (κ3) is 4.80. The standard InChI is InChI=1S/C17H20BrClN2/c1-3-6-21-17(9-13-8-15(18)11-20-10-13)14-4-5-16(19)12(2)7-14/h4-5,7-8,10-11,17,21H,3,6,9H2,1-2H3. The lowest BCUT2D eigenvalue weighted by Gasteiger charge is -2.20. The van der Waals surface area contributed by atoms with Gasteiger partial charge in [0.1, 0.15) is 0 Å². The summed E-state index contributed by atoms with van der Waals surface area (Å²) in [6.07, 6.45) is 5.76. The first-order chi connectivity index (χ1) is 10.1. The number of aryl methyl sites for hydroxylation is 1. The van der Waals surface area contributed by atoms with E-state index in [1.54, 1.807) is 0 Å². The lowest BCUT2D eigenvalue weighted by molar-refractivity contribution is 0.528. The van der Waals surface area contributed by atoms with E-state index in [0.717, 1.165) is 34.4 Å². The third-order valence-corrected chi connectivity index (χ3v) is 4.28. The zero-order valence-corrected chi connectivity index (χ0v) is 14.7. The van der Waals surface area contributed by atoms with Gasteiger partial charge in [0.2, 0.25) is 0 Å². The summed E-state index contributed by atoms with van der Waals surface area (Å²) >= 11 is 9.62. The van der Waals surface area contributed by atoms with Gasteiger partial charge in [0, 0.05) is 27.9 Å². The minimum absolute atomic E-state index is 0.275. The largest absolute Gasteiger partial charge is 0.310 e. The molecule has 0 bridgehead atoms. The quantitative estimate of drug-likeness (QED) is 0.769. The average Bonchev–Trinajstić information content (AvgIpc) is 2.46. The highest BCUT2D eigenvalue weighted by Crippen LogP contribution is 2.24. The second-order valence-electron chi connectivity index (χ2n) is 5.23. The first-order valence-electron chi connectivity index (χ1n) is 7.19. The fourth-order valence-corrected chi connectivity index (χ4v) is 2.84. The van der Waals surface area contributed by atoms with Gasteiger partial charge in [0.25, 0.3) is 0 Å². The minimum Gasteiger partial charge on any atom is -0.310 e. The van der Waals surface area contributed by atoms with Gasteiger partial charge in [-0.05, 0) is 71.1 Å². The van der Waals surface area contributed by atoms with E-state index in [-0.39, 0.29) is 6.04 Å². The van der Waals surface area contributed by atoms with Gasteiger partial charge in [-0.3, -0.25) is 4.98 Å². The number of nitrogens with one attached hydrogen (secondary N) is 1. The molecule has 0 aliphatic rings. The Kier molecular flexibility index (Phi) is 6.22. The normalized spacial score (nSPS) is 12.4. The SMILES string of the molecule is CCCNC(Cc1cncc(Br)c1)c1ccc(Cl)c(C)c1. The first-order valence-corrected chi connectivity index (χ1v) is 8.36. The molecule has 0 fully saturated rings. The number of nitrogens with zero attached hydrogens (tertiary/aromatic N) is 1. The maximum Gasteiger partial charge on any atom is 0.0435 e. The second kappa shape index (κ2) is 7.92. The Bertz CT molecular complexity index is 601. The van der Waals surface area contributed by atoms with Crippen LogP contribution >= 0.6 is 27.5 Å². The van der Waals surface area contributed by atoms with E-state index in [0.29, 0.717) is 0 Å². The predicted molar refractivity (Wildman–Crippen MR) is 92.9 cm³/mol. The molecule has 1 atom stereocenters. The molecule has 1 aromatic carbocycles. The summed E-state index contributed by atoms with van der Waals surface area (Å²) in [4.78, 5) is 4.25. The second-order valence-corrected chi connectivity index (χ2v) is 6.55. The highest BCUT2D eigenvalue weighted by atomic mass is 79.9. The van der Waals surface area contributed by atoms with Crippen molar-refractivity contribution in [2.24, 2.45) is 0 Å². The van der Waals surface area contributed by atoms with E-state index in [2.05, 4.69) is 51.4 Å². The number of hydrogen-bond acceptors (Lipinski definition) is 2. The summed E-state index contributed by atoms with van der Waals surface area (Å²) in [5, 5.41) is 4.43. The Balaban J connectivity index is 2.22. The maximum absolute atomic E-state index is 6.13. The lowest BCUT2D eigenvalue weighted by atomic mass is 9.98.